The lowest BCUT2D eigenvalue weighted by molar-refractivity contribution is 0.0789. The molecule has 1 aromatic carbocycles. The Hall–Kier alpha value is -1.90. The SMILES string of the molecule is C[C@@H](c1ccc2c(c1NC(=O)N[S@@](=N)(=O)c1cc(C(C)(C)O)cs1)CCC2)C1CC1. The number of nitrogens with one attached hydrogen (secondary N) is 3. The highest BCUT2D eigenvalue weighted by Crippen LogP contribution is 2.46. The van der Waals surface area contributed by atoms with Gasteiger partial charge in [-0.05, 0) is 91.5 Å². The maximum atomic E-state index is 12.9. The minimum Gasteiger partial charge on any atom is -0.386 e. The Kier molecular flexibility index (Phi) is 5.45. The van der Waals surface area contributed by atoms with E-state index in [2.05, 4.69) is 29.1 Å². The van der Waals surface area contributed by atoms with Crippen LogP contribution in [0.25, 0.3) is 0 Å². The van der Waals surface area contributed by atoms with Gasteiger partial charge in [0.1, 0.15) is 4.21 Å². The van der Waals surface area contributed by atoms with Crippen LogP contribution in [0, 0.1) is 10.7 Å². The molecule has 2 aliphatic rings. The first-order chi connectivity index (χ1) is 14.1. The van der Waals surface area contributed by atoms with Crippen LogP contribution in [0.15, 0.2) is 27.8 Å². The first-order valence-electron chi connectivity index (χ1n) is 10.4. The first kappa shape index (κ1) is 21.3. The monoisotopic (exact) mass is 447 g/mol. The number of thiophene rings is 1. The lowest BCUT2D eigenvalue weighted by Gasteiger charge is -2.21. The molecule has 0 aliphatic heterocycles. The number of aliphatic hydroxyl groups is 1. The van der Waals surface area contributed by atoms with Crippen LogP contribution in [0.2, 0.25) is 0 Å². The number of urea groups is 1. The van der Waals surface area contributed by atoms with Crippen molar-refractivity contribution < 1.29 is 14.1 Å². The molecule has 2 atom stereocenters. The molecule has 162 valence electrons. The quantitative estimate of drug-likeness (QED) is 0.494. The third-order valence-electron chi connectivity index (χ3n) is 6.17. The third kappa shape index (κ3) is 4.26. The number of amides is 2. The van der Waals surface area contributed by atoms with Crippen molar-refractivity contribution in [3.63, 3.8) is 0 Å². The van der Waals surface area contributed by atoms with E-state index in [9.17, 15) is 14.1 Å². The molecule has 2 aromatic rings. The smallest absolute Gasteiger partial charge is 0.331 e. The molecule has 4 rings (SSSR count). The topological polar surface area (TPSA) is 102 Å². The highest BCUT2D eigenvalue weighted by molar-refractivity contribution is 7.93. The maximum absolute atomic E-state index is 12.9. The molecule has 30 heavy (non-hydrogen) atoms. The summed E-state index contributed by atoms with van der Waals surface area (Å²) in [6.45, 7) is 5.46. The summed E-state index contributed by atoms with van der Waals surface area (Å²) in [6, 6.07) is 5.20. The number of fused-ring (bicyclic) bond motifs is 1. The van der Waals surface area contributed by atoms with Crippen LogP contribution >= 0.6 is 11.3 Å². The zero-order chi connectivity index (χ0) is 21.7. The molecule has 6 nitrogen and oxygen atoms in total. The van der Waals surface area contributed by atoms with Crippen molar-refractivity contribution in [3.05, 3.63) is 45.8 Å². The summed E-state index contributed by atoms with van der Waals surface area (Å²) < 4.78 is 23.7. The molecule has 0 bridgehead atoms. The number of anilines is 1. The second kappa shape index (κ2) is 7.66. The Morgan fingerprint density at radius 1 is 1.33 bits per heavy atom. The summed E-state index contributed by atoms with van der Waals surface area (Å²) in [5.41, 5.74) is 3.88. The fourth-order valence-electron chi connectivity index (χ4n) is 4.17. The molecule has 0 saturated heterocycles. The number of carbonyl (C=O) groups is 1. The molecule has 0 spiro atoms. The van der Waals surface area contributed by atoms with Crippen molar-refractivity contribution in [2.75, 3.05) is 5.32 Å². The van der Waals surface area contributed by atoms with Gasteiger partial charge in [0.05, 0.1) is 5.60 Å². The van der Waals surface area contributed by atoms with E-state index in [1.165, 1.54) is 30.0 Å². The minimum atomic E-state index is -3.52. The van der Waals surface area contributed by atoms with Gasteiger partial charge < -0.3 is 10.4 Å². The summed E-state index contributed by atoms with van der Waals surface area (Å²) in [6.07, 6.45) is 5.43. The second-order valence-corrected chi connectivity index (χ2v) is 11.9. The van der Waals surface area contributed by atoms with Crippen molar-refractivity contribution in [3.8, 4) is 0 Å². The average molecular weight is 448 g/mol. The Labute approximate surface area is 182 Å². The number of hydrogen-bond acceptors (Lipinski definition) is 5. The highest BCUT2D eigenvalue weighted by Gasteiger charge is 2.32. The van der Waals surface area contributed by atoms with Crippen molar-refractivity contribution >= 4 is 33.0 Å². The Balaban J connectivity index is 1.57. The largest absolute Gasteiger partial charge is 0.386 e. The summed E-state index contributed by atoms with van der Waals surface area (Å²) >= 11 is 1.11. The maximum Gasteiger partial charge on any atom is 0.331 e. The summed E-state index contributed by atoms with van der Waals surface area (Å²) in [5.74, 6) is 1.01. The Morgan fingerprint density at radius 3 is 2.70 bits per heavy atom. The normalized spacial score (nSPS) is 19.1. The van der Waals surface area contributed by atoms with Crippen molar-refractivity contribution in [2.45, 2.75) is 68.6 Å². The lowest BCUT2D eigenvalue weighted by atomic mass is 9.91. The number of hydrogen-bond donors (Lipinski definition) is 4. The van der Waals surface area contributed by atoms with Gasteiger partial charge in [0.2, 0.25) is 0 Å². The zero-order valence-electron chi connectivity index (χ0n) is 17.6. The van der Waals surface area contributed by atoms with Crippen molar-refractivity contribution in [1.82, 2.24) is 4.72 Å². The highest BCUT2D eigenvalue weighted by atomic mass is 32.2. The molecular weight excluding hydrogens is 418 g/mol. The van der Waals surface area contributed by atoms with E-state index < -0.39 is 21.5 Å². The summed E-state index contributed by atoms with van der Waals surface area (Å²) in [7, 11) is -3.52. The van der Waals surface area contributed by atoms with Gasteiger partial charge in [-0.25, -0.2) is 18.5 Å². The van der Waals surface area contributed by atoms with Crippen LogP contribution < -0.4 is 10.0 Å². The molecular formula is C22H29N3O3S2. The van der Waals surface area contributed by atoms with E-state index in [0.717, 1.165) is 41.9 Å². The molecule has 1 fully saturated rings. The fraction of sp³-hybridized carbons (Fsp3) is 0.500. The first-order valence-corrected chi connectivity index (χ1v) is 12.8. The van der Waals surface area contributed by atoms with E-state index in [4.69, 9.17) is 4.78 Å². The molecule has 2 aliphatic carbocycles. The predicted octanol–water partition coefficient (Wildman–Crippen LogP) is 5.12. The van der Waals surface area contributed by atoms with Gasteiger partial charge >= 0.3 is 6.03 Å². The molecule has 1 heterocycles. The van der Waals surface area contributed by atoms with E-state index in [-0.39, 0.29) is 4.21 Å². The van der Waals surface area contributed by atoms with Gasteiger partial charge in [-0.1, -0.05) is 19.1 Å². The van der Waals surface area contributed by atoms with Gasteiger partial charge in [0.25, 0.3) is 0 Å². The predicted molar refractivity (Wildman–Crippen MR) is 120 cm³/mol. The molecule has 8 heteroatoms. The van der Waals surface area contributed by atoms with E-state index in [1.54, 1.807) is 19.2 Å². The van der Waals surface area contributed by atoms with Crippen LogP contribution in [-0.4, -0.2) is 15.3 Å². The molecule has 0 unspecified atom stereocenters. The van der Waals surface area contributed by atoms with Gasteiger partial charge in [-0.3, -0.25) is 0 Å². The number of carbonyl (C=O) groups excluding carboxylic acids is 1. The Bertz CT molecular complexity index is 1080. The summed E-state index contributed by atoms with van der Waals surface area (Å²) in [5, 5.41) is 14.7. The lowest BCUT2D eigenvalue weighted by Crippen LogP contribution is -2.34. The average Bonchev–Trinajstić information content (AvgIpc) is 3.16. The number of benzene rings is 1. The van der Waals surface area contributed by atoms with Crippen LogP contribution in [-0.2, 0) is 28.4 Å². The van der Waals surface area contributed by atoms with Gasteiger partial charge in [-0.2, -0.15) is 0 Å². The molecule has 1 saturated carbocycles. The molecule has 4 N–H and O–H groups in total. The van der Waals surface area contributed by atoms with E-state index in [0.29, 0.717) is 17.4 Å². The van der Waals surface area contributed by atoms with Crippen LogP contribution in [0.1, 0.15) is 68.2 Å². The molecule has 2 amide bonds. The third-order valence-corrected chi connectivity index (χ3v) is 9.05. The van der Waals surface area contributed by atoms with Gasteiger partial charge in [-0.15, -0.1) is 11.3 Å². The Morgan fingerprint density at radius 2 is 2.07 bits per heavy atom. The fourth-order valence-corrected chi connectivity index (χ4v) is 6.48. The van der Waals surface area contributed by atoms with Crippen LogP contribution in [0.4, 0.5) is 10.5 Å². The van der Waals surface area contributed by atoms with Crippen molar-refractivity contribution in [1.29, 1.82) is 4.78 Å². The number of aryl methyl sites for hydroxylation is 1. The van der Waals surface area contributed by atoms with Crippen LogP contribution in [0.3, 0.4) is 0 Å². The second-order valence-electron chi connectivity index (χ2n) is 8.97. The van der Waals surface area contributed by atoms with E-state index in [1.807, 2.05) is 0 Å². The number of rotatable bonds is 6. The molecule has 0 radical (unpaired) electrons. The van der Waals surface area contributed by atoms with Gasteiger partial charge in [0, 0.05) is 5.69 Å². The zero-order valence-corrected chi connectivity index (χ0v) is 19.2. The van der Waals surface area contributed by atoms with Gasteiger partial charge in [0.15, 0.2) is 9.92 Å². The van der Waals surface area contributed by atoms with E-state index >= 15 is 0 Å². The molecule has 1 aromatic heterocycles. The standard InChI is InChI=1S/C22H29N3O3S2/c1-13(14-7-8-14)17-10-9-15-5-4-6-18(15)20(17)24-21(26)25-30(23,28)19-11-16(12-29-19)22(2,3)27/h9-14,27H,4-8H2,1-3H3,(H3,23,24,25,26,28)/t13-,30-/m1/s1. The van der Waals surface area contributed by atoms with Crippen LogP contribution in [0.5, 0.6) is 0 Å². The summed E-state index contributed by atoms with van der Waals surface area (Å²) in [4.78, 5) is 12.8. The van der Waals surface area contributed by atoms with Crippen molar-refractivity contribution in [2.24, 2.45) is 5.92 Å². The minimum absolute atomic E-state index is 0.222.